The van der Waals surface area contributed by atoms with Gasteiger partial charge in [0.15, 0.2) is 11.5 Å². The van der Waals surface area contributed by atoms with E-state index in [1.807, 2.05) is 24.3 Å². The SMILES string of the molecule is O=C(NCc1nc(C2CCCCC2)no1)c1n[nH]c2ccccc12. The molecule has 7 heteroatoms. The molecule has 1 aliphatic carbocycles. The van der Waals surface area contributed by atoms with Crippen LogP contribution < -0.4 is 5.32 Å². The van der Waals surface area contributed by atoms with Crippen LogP contribution in [0.15, 0.2) is 28.8 Å². The average molecular weight is 325 g/mol. The molecule has 1 fully saturated rings. The predicted molar refractivity (Wildman–Crippen MR) is 87.4 cm³/mol. The second kappa shape index (κ2) is 6.43. The first kappa shape index (κ1) is 14.9. The molecular formula is C17H19N5O2. The lowest BCUT2D eigenvalue weighted by atomic mass is 9.89. The number of rotatable bonds is 4. The highest BCUT2D eigenvalue weighted by Gasteiger charge is 2.21. The van der Waals surface area contributed by atoms with E-state index in [1.165, 1.54) is 19.3 Å². The Bertz CT molecular complexity index is 847. The number of benzene rings is 1. The van der Waals surface area contributed by atoms with E-state index in [-0.39, 0.29) is 12.5 Å². The molecule has 0 aliphatic heterocycles. The molecule has 124 valence electrons. The van der Waals surface area contributed by atoms with Crippen molar-refractivity contribution in [3.05, 3.63) is 41.7 Å². The van der Waals surface area contributed by atoms with Gasteiger partial charge in [0.05, 0.1) is 12.1 Å². The number of aromatic nitrogens is 4. The summed E-state index contributed by atoms with van der Waals surface area (Å²) in [6.07, 6.45) is 5.96. The van der Waals surface area contributed by atoms with Crippen LogP contribution in [0.2, 0.25) is 0 Å². The molecule has 1 aromatic carbocycles. The number of carbonyl (C=O) groups excluding carboxylic acids is 1. The minimum atomic E-state index is -0.259. The van der Waals surface area contributed by atoms with Crippen LogP contribution >= 0.6 is 0 Å². The first-order valence-corrected chi connectivity index (χ1v) is 8.35. The van der Waals surface area contributed by atoms with Gasteiger partial charge in [-0.05, 0) is 18.9 Å². The highest BCUT2D eigenvalue weighted by Crippen LogP contribution is 2.30. The lowest BCUT2D eigenvalue weighted by Gasteiger charge is -2.17. The summed E-state index contributed by atoms with van der Waals surface area (Å²) in [6, 6.07) is 7.52. The Morgan fingerprint density at radius 3 is 2.96 bits per heavy atom. The smallest absolute Gasteiger partial charge is 0.272 e. The van der Waals surface area contributed by atoms with Crippen molar-refractivity contribution in [1.29, 1.82) is 0 Å². The number of aromatic amines is 1. The van der Waals surface area contributed by atoms with Crippen LogP contribution in [0.4, 0.5) is 0 Å². The van der Waals surface area contributed by atoms with Crippen LogP contribution in [-0.4, -0.2) is 26.2 Å². The van der Waals surface area contributed by atoms with Gasteiger partial charge in [-0.1, -0.05) is 42.6 Å². The van der Waals surface area contributed by atoms with Gasteiger partial charge in [0.2, 0.25) is 5.89 Å². The molecule has 0 saturated heterocycles. The molecule has 2 aromatic heterocycles. The number of carbonyl (C=O) groups is 1. The summed E-state index contributed by atoms with van der Waals surface area (Å²) in [4.78, 5) is 16.7. The van der Waals surface area contributed by atoms with Crippen LogP contribution in [0.5, 0.6) is 0 Å². The summed E-state index contributed by atoms with van der Waals surface area (Å²) in [5.74, 6) is 1.33. The molecule has 0 unspecified atom stereocenters. The molecule has 0 radical (unpaired) electrons. The molecule has 7 nitrogen and oxygen atoms in total. The highest BCUT2D eigenvalue weighted by molar-refractivity contribution is 6.04. The summed E-state index contributed by atoms with van der Waals surface area (Å²) < 4.78 is 5.27. The average Bonchev–Trinajstić information content (AvgIpc) is 3.27. The van der Waals surface area contributed by atoms with E-state index in [9.17, 15) is 4.79 Å². The zero-order chi connectivity index (χ0) is 16.4. The number of para-hydroxylation sites is 1. The van der Waals surface area contributed by atoms with E-state index in [2.05, 4.69) is 25.7 Å². The number of hydrogen-bond donors (Lipinski definition) is 2. The summed E-state index contributed by atoms with van der Waals surface area (Å²) in [5.41, 5.74) is 1.21. The fourth-order valence-electron chi connectivity index (χ4n) is 3.24. The molecule has 0 bridgehead atoms. The number of nitrogens with one attached hydrogen (secondary N) is 2. The van der Waals surface area contributed by atoms with Gasteiger partial charge in [-0.25, -0.2) is 0 Å². The molecule has 0 atom stereocenters. The van der Waals surface area contributed by atoms with Gasteiger partial charge in [-0.2, -0.15) is 10.1 Å². The topological polar surface area (TPSA) is 96.7 Å². The van der Waals surface area contributed by atoms with Crippen molar-refractivity contribution in [2.45, 2.75) is 44.6 Å². The number of nitrogens with zero attached hydrogens (tertiary/aromatic N) is 3. The van der Waals surface area contributed by atoms with E-state index >= 15 is 0 Å². The molecule has 1 saturated carbocycles. The third-order valence-corrected chi connectivity index (χ3v) is 4.54. The fraction of sp³-hybridized carbons (Fsp3) is 0.412. The molecular weight excluding hydrogens is 306 g/mol. The fourth-order valence-corrected chi connectivity index (χ4v) is 3.24. The normalized spacial score (nSPS) is 15.7. The van der Waals surface area contributed by atoms with Gasteiger partial charge >= 0.3 is 0 Å². The van der Waals surface area contributed by atoms with Crippen molar-refractivity contribution in [3.63, 3.8) is 0 Å². The first-order valence-electron chi connectivity index (χ1n) is 8.35. The Kier molecular flexibility index (Phi) is 3.98. The quantitative estimate of drug-likeness (QED) is 0.769. The predicted octanol–water partition coefficient (Wildman–Crippen LogP) is 2.92. The van der Waals surface area contributed by atoms with Gasteiger partial charge < -0.3 is 9.84 Å². The molecule has 1 amide bonds. The molecule has 1 aliphatic rings. The van der Waals surface area contributed by atoms with Crippen molar-refractivity contribution in [2.75, 3.05) is 0 Å². The van der Waals surface area contributed by atoms with Crippen LogP contribution in [0.1, 0.15) is 60.2 Å². The Morgan fingerprint density at radius 2 is 2.08 bits per heavy atom. The Hall–Kier alpha value is -2.70. The maximum Gasteiger partial charge on any atom is 0.272 e. The largest absolute Gasteiger partial charge is 0.342 e. The molecule has 4 rings (SSSR count). The Morgan fingerprint density at radius 1 is 1.25 bits per heavy atom. The minimum Gasteiger partial charge on any atom is -0.342 e. The summed E-state index contributed by atoms with van der Waals surface area (Å²) in [5, 5.41) is 14.6. The minimum absolute atomic E-state index is 0.208. The monoisotopic (exact) mass is 325 g/mol. The van der Waals surface area contributed by atoms with Crippen LogP contribution in [-0.2, 0) is 6.54 Å². The van der Waals surface area contributed by atoms with Crippen LogP contribution in [0.25, 0.3) is 10.9 Å². The standard InChI is InChI=1S/C17H19N5O2/c23-17(15-12-8-4-5-9-13(12)20-21-15)18-10-14-19-16(22-24-14)11-6-2-1-3-7-11/h4-5,8-9,11H,1-3,6-7,10H2,(H,18,23)(H,20,21). The summed E-state index contributed by atoms with van der Waals surface area (Å²) in [6.45, 7) is 0.208. The molecule has 0 spiro atoms. The van der Waals surface area contributed by atoms with E-state index < -0.39 is 0 Å². The number of amides is 1. The highest BCUT2D eigenvalue weighted by atomic mass is 16.5. The molecule has 24 heavy (non-hydrogen) atoms. The number of hydrogen-bond acceptors (Lipinski definition) is 5. The van der Waals surface area contributed by atoms with Crippen molar-refractivity contribution in [2.24, 2.45) is 0 Å². The van der Waals surface area contributed by atoms with Gasteiger partial charge in [0, 0.05) is 11.3 Å². The maximum atomic E-state index is 12.3. The second-order valence-corrected chi connectivity index (χ2v) is 6.18. The molecule has 2 N–H and O–H groups in total. The molecule has 2 heterocycles. The molecule has 3 aromatic rings. The van der Waals surface area contributed by atoms with Crippen molar-refractivity contribution < 1.29 is 9.32 Å². The maximum absolute atomic E-state index is 12.3. The first-order chi connectivity index (χ1) is 11.8. The third kappa shape index (κ3) is 2.89. The van der Waals surface area contributed by atoms with E-state index in [1.54, 1.807) is 0 Å². The van der Waals surface area contributed by atoms with Gasteiger partial charge in [0.1, 0.15) is 0 Å². The van der Waals surface area contributed by atoms with Gasteiger partial charge in [0.25, 0.3) is 5.91 Å². The number of fused-ring (bicyclic) bond motifs is 1. The number of H-pyrrole nitrogens is 1. The van der Waals surface area contributed by atoms with Gasteiger partial charge in [-0.15, -0.1) is 0 Å². The third-order valence-electron chi connectivity index (χ3n) is 4.54. The van der Waals surface area contributed by atoms with Crippen LogP contribution in [0.3, 0.4) is 0 Å². The van der Waals surface area contributed by atoms with E-state index in [0.717, 1.165) is 29.6 Å². The zero-order valence-electron chi connectivity index (χ0n) is 13.3. The van der Waals surface area contributed by atoms with Crippen molar-refractivity contribution in [3.8, 4) is 0 Å². The lowest BCUT2D eigenvalue weighted by Crippen LogP contribution is -2.23. The zero-order valence-corrected chi connectivity index (χ0v) is 13.3. The Balaban J connectivity index is 1.41. The van der Waals surface area contributed by atoms with Crippen molar-refractivity contribution >= 4 is 16.8 Å². The second-order valence-electron chi connectivity index (χ2n) is 6.18. The van der Waals surface area contributed by atoms with E-state index in [0.29, 0.717) is 17.5 Å². The summed E-state index contributed by atoms with van der Waals surface area (Å²) >= 11 is 0. The van der Waals surface area contributed by atoms with Crippen molar-refractivity contribution in [1.82, 2.24) is 25.7 Å². The Labute approximate surface area is 138 Å². The van der Waals surface area contributed by atoms with Crippen LogP contribution in [0, 0.1) is 0 Å². The lowest BCUT2D eigenvalue weighted by molar-refractivity contribution is 0.0943. The van der Waals surface area contributed by atoms with Gasteiger partial charge in [-0.3, -0.25) is 9.89 Å². The van der Waals surface area contributed by atoms with E-state index in [4.69, 9.17) is 4.52 Å². The summed E-state index contributed by atoms with van der Waals surface area (Å²) in [7, 11) is 0.